The van der Waals surface area contributed by atoms with E-state index in [0.717, 1.165) is 11.1 Å². The molecule has 0 fully saturated rings. The number of nitrogens with zero attached hydrogens (tertiary/aromatic N) is 1. The number of carbonyl (C=O) groups is 1. The first kappa shape index (κ1) is 14.1. The lowest BCUT2D eigenvalue weighted by Gasteiger charge is -2.18. The topological polar surface area (TPSA) is 85.2 Å². The smallest absolute Gasteiger partial charge is 0.319 e. The SMILES string of the molecule is N#Cc1ccccc1NC(=O)N[C@@H]1c2ccccc2C[C@@H]1O. The maximum absolute atomic E-state index is 12.1. The summed E-state index contributed by atoms with van der Waals surface area (Å²) in [6, 6.07) is 15.6. The van der Waals surface area contributed by atoms with Gasteiger partial charge >= 0.3 is 6.03 Å². The summed E-state index contributed by atoms with van der Waals surface area (Å²) in [6.45, 7) is 0. The molecule has 22 heavy (non-hydrogen) atoms. The van der Waals surface area contributed by atoms with Crippen LogP contribution in [0.4, 0.5) is 10.5 Å². The number of nitrogens with one attached hydrogen (secondary N) is 2. The van der Waals surface area contributed by atoms with Crippen LogP contribution in [0.2, 0.25) is 0 Å². The Hall–Kier alpha value is -2.84. The summed E-state index contributed by atoms with van der Waals surface area (Å²) >= 11 is 0. The second-order valence-electron chi connectivity index (χ2n) is 5.20. The van der Waals surface area contributed by atoms with E-state index in [4.69, 9.17) is 5.26 Å². The first-order chi connectivity index (χ1) is 10.7. The molecule has 2 aromatic carbocycles. The molecule has 0 radical (unpaired) electrons. The van der Waals surface area contributed by atoms with E-state index >= 15 is 0 Å². The van der Waals surface area contributed by atoms with Gasteiger partial charge in [-0.15, -0.1) is 0 Å². The van der Waals surface area contributed by atoms with Crippen molar-refractivity contribution in [3.05, 3.63) is 65.2 Å². The van der Waals surface area contributed by atoms with Gasteiger partial charge in [0.2, 0.25) is 0 Å². The molecule has 1 aliphatic rings. The van der Waals surface area contributed by atoms with Gasteiger partial charge in [0.05, 0.1) is 23.4 Å². The predicted molar refractivity (Wildman–Crippen MR) is 82.2 cm³/mol. The van der Waals surface area contributed by atoms with Crippen LogP contribution >= 0.6 is 0 Å². The number of amides is 2. The van der Waals surface area contributed by atoms with Gasteiger partial charge in [0.1, 0.15) is 6.07 Å². The van der Waals surface area contributed by atoms with E-state index in [-0.39, 0.29) is 0 Å². The zero-order chi connectivity index (χ0) is 15.5. The van der Waals surface area contributed by atoms with E-state index in [2.05, 4.69) is 10.6 Å². The fourth-order valence-electron chi connectivity index (χ4n) is 2.74. The summed E-state index contributed by atoms with van der Waals surface area (Å²) in [7, 11) is 0. The lowest BCUT2D eigenvalue weighted by atomic mass is 10.1. The number of aliphatic hydroxyl groups is 1. The fourth-order valence-corrected chi connectivity index (χ4v) is 2.74. The van der Waals surface area contributed by atoms with Gasteiger partial charge in [-0.3, -0.25) is 0 Å². The van der Waals surface area contributed by atoms with Crippen molar-refractivity contribution in [3.8, 4) is 6.07 Å². The normalized spacial score (nSPS) is 19.1. The summed E-state index contributed by atoms with van der Waals surface area (Å²) in [6.07, 6.45) is -0.120. The van der Waals surface area contributed by atoms with Gasteiger partial charge in [0.15, 0.2) is 0 Å². The number of para-hydroxylation sites is 1. The lowest BCUT2D eigenvalue weighted by molar-refractivity contribution is 0.144. The van der Waals surface area contributed by atoms with Gasteiger partial charge in [-0.05, 0) is 23.3 Å². The molecule has 1 aliphatic carbocycles. The molecule has 3 N–H and O–H groups in total. The van der Waals surface area contributed by atoms with Gasteiger partial charge < -0.3 is 15.7 Å². The van der Waals surface area contributed by atoms with E-state index in [0.29, 0.717) is 17.7 Å². The standard InChI is InChI=1S/C17H15N3O2/c18-10-12-6-2-4-8-14(12)19-17(22)20-16-13-7-3-1-5-11(13)9-15(16)21/h1-8,15-16,21H,9H2,(H2,19,20,22)/t15-,16+/m0/s1. The Kier molecular flexibility index (Phi) is 3.77. The van der Waals surface area contributed by atoms with Gasteiger partial charge in [0.25, 0.3) is 0 Å². The first-order valence-corrected chi connectivity index (χ1v) is 7.01. The highest BCUT2D eigenvalue weighted by atomic mass is 16.3. The molecule has 2 atom stereocenters. The van der Waals surface area contributed by atoms with Crippen molar-refractivity contribution in [2.75, 3.05) is 5.32 Å². The number of benzene rings is 2. The Morgan fingerprint density at radius 1 is 1.18 bits per heavy atom. The molecule has 3 rings (SSSR count). The van der Waals surface area contributed by atoms with Gasteiger partial charge in [-0.1, -0.05) is 36.4 Å². The largest absolute Gasteiger partial charge is 0.390 e. The quantitative estimate of drug-likeness (QED) is 0.794. The number of fused-ring (bicyclic) bond motifs is 1. The van der Waals surface area contributed by atoms with Crippen LogP contribution in [0.3, 0.4) is 0 Å². The molecule has 0 saturated heterocycles. The molecule has 5 heteroatoms. The zero-order valence-electron chi connectivity index (χ0n) is 11.8. The molecular formula is C17H15N3O2. The third kappa shape index (κ3) is 2.65. The van der Waals surface area contributed by atoms with Crippen molar-refractivity contribution < 1.29 is 9.90 Å². The molecule has 2 aromatic rings. The lowest BCUT2D eigenvalue weighted by Crippen LogP contribution is -2.36. The van der Waals surface area contributed by atoms with Crippen molar-refractivity contribution in [3.63, 3.8) is 0 Å². The third-order valence-corrected chi connectivity index (χ3v) is 3.79. The van der Waals surface area contributed by atoms with Crippen molar-refractivity contribution in [1.82, 2.24) is 5.32 Å². The Balaban J connectivity index is 1.74. The number of carbonyl (C=O) groups excluding carboxylic acids is 1. The molecule has 5 nitrogen and oxygen atoms in total. The number of hydrogen-bond donors (Lipinski definition) is 3. The average molecular weight is 293 g/mol. The maximum atomic E-state index is 12.1. The second-order valence-corrected chi connectivity index (χ2v) is 5.20. The minimum atomic E-state index is -0.644. The number of rotatable bonds is 2. The molecule has 0 bridgehead atoms. The fraction of sp³-hybridized carbons (Fsp3) is 0.176. The molecule has 0 aliphatic heterocycles. The molecule has 0 saturated carbocycles. The van der Waals surface area contributed by atoms with E-state index in [1.165, 1.54) is 0 Å². The predicted octanol–water partition coefficient (Wildman–Crippen LogP) is 2.34. The highest BCUT2D eigenvalue weighted by Crippen LogP contribution is 2.31. The van der Waals surface area contributed by atoms with Crippen molar-refractivity contribution in [2.24, 2.45) is 0 Å². The molecule has 0 aromatic heterocycles. The van der Waals surface area contributed by atoms with E-state index in [1.807, 2.05) is 30.3 Å². The summed E-state index contributed by atoms with van der Waals surface area (Å²) in [4.78, 5) is 12.1. The highest BCUT2D eigenvalue weighted by Gasteiger charge is 2.31. The average Bonchev–Trinajstić information content (AvgIpc) is 2.84. The van der Waals surface area contributed by atoms with Crippen molar-refractivity contribution in [1.29, 1.82) is 5.26 Å². The molecule has 110 valence electrons. The van der Waals surface area contributed by atoms with Crippen LogP contribution < -0.4 is 10.6 Å². The first-order valence-electron chi connectivity index (χ1n) is 7.01. The van der Waals surface area contributed by atoms with E-state index in [1.54, 1.807) is 24.3 Å². The Bertz CT molecular complexity index is 752. The number of urea groups is 1. The molecule has 0 unspecified atom stereocenters. The van der Waals surface area contributed by atoms with Crippen LogP contribution in [0.15, 0.2) is 48.5 Å². The van der Waals surface area contributed by atoms with Crippen LogP contribution in [-0.4, -0.2) is 17.2 Å². The van der Waals surface area contributed by atoms with Crippen molar-refractivity contribution >= 4 is 11.7 Å². The van der Waals surface area contributed by atoms with E-state index < -0.39 is 18.2 Å². The molecule has 0 heterocycles. The van der Waals surface area contributed by atoms with Crippen LogP contribution in [0.1, 0.15) is 22.7 Å². The number of hydrogen-bond acceptors (Lipinski definition) is 3. The summed E-state index contributed by atoms with van der Waals surface area (Å²) in [5.74, 6) is 0. The second kappa shape index (κ2) is 5.88. The minimum Gasteiger partial charge on any atom is -0.390 e. The number of aliphatic hydroxyl groups excluding tert-OH is 1. The monoisotopic (exact) mass is 293 g/mol. The van der Waals surface area contributed by atoms with Crippen molar-refractivity contribution in [2.45, 2.75) is 18.6 Å². The number of nitriles is 1. The molecule has 0 spiro atoms. The summed E-state index contributed by atoms with van der Waals surface area (Å²) in [5.41, 5.74) is 2.81. The van der Waals surface area contributed by atoms with Crippen LogP contribution in [0.25, 0.3) is 0 Å². The van der Waals surface area contributed by atoms with Crippen LogP contribution in [0, 0.1) is 11.3 Å². The van der Waals surface area contributed by atoms with Crippen LogP contribution in [0.5, 0.6) is 0 Å². The van der Waals surface area contributed by atoms with Gasteiger partial charge in [0, 0.05) is 6.42 Å². The molecular weight excluding hydrogens is 278 g/mol. The van der Waals surface area contributed by atoms with E-state index in [9.17, 15) is 9.90 Å². The Morgan fingerprint density at radius 2 is 1.91 bits per heavy atom. The Morgan fingerprint density at radius 3 is 2.73 bits per heavy atom. The molecule has 2 amide bonds. The van der Waals surface area contributed by atoms with Crippen LogP contribution in [-0.2, 0) is 6.42 Å². The Labute approximate surface area is 128 Å². The highest BCUT2D eigenvalue weighted by molar-refractivity contribution is 5.91. The van der Waals surface area contributed by atoms with Gasteiger partial charge in [-0.2, -0.15) is 5.26 Å². The minimum absolute atomic E-state index is 0.394. The zero-order valence-corrected chi connectivity index (χ0v) is 11.8. The summed E-state index contributed by atoms with van der Waals surface area (Å²) < 4.78 is 0. The maximum Gasteiger partial charge on any atom is 0.319 e. The van der Waals surface area contributed by atoms with Gasteiger partial charge in [-0.25, -0.2) is 4.79 Å². The summed E-state index contributed by atoms with van der Waals surface area (Å²) in [5, 5.41) is 24.6. The third-order valence-electron chi connectivity index (χ3n) is 3.79. The number of anilines is 1.